The first-order valence-corrected chi connectivity index (χ1v) is 8.94. The second-order valence-corrected chi connectivity index (χ2v) is 7.57. The van der Waals surface area contributed by atoms with Crippen molar-refractivity contribution in [3.63, 3.8) is 0 Å². The molecule has 1 N–H and O–H groups in total. The summed E-state index contributed by atoms with van der Waals surface area (Å²) < 4.78 is 11.8. The Kier molecular flexibility index (Phi) is 6.10. The van der Waals surface area contributed by atoms with Gasteiger partial charge in [0.05, 0.1) is 11.7 Å². The van der Waals surface area contributed by atoms with Gasteiger partial charge in [-0.2, -0.15) is 0 Å². The normalized spacial score (nSPS) is 29.1. The second kappa shape index (κ2) is 7.43. The third-order valence-electron chi connectivity index (χ3n) is 5.85. The van der Waals surface area contributed by atoms with E-state index in [4.69, 9.17) is 9.47 Å². The van der Waals surface area contributed by atoms with E-state index >= 15 is 0 Å². The lowest BCUT2D eigenvalue weighted by Gasteiger charge is -2.56. The summed E-state index contributed by atoms with van der Waals surface area (Å²) in [5.74, 6) is 0. The van der Waals surface area contributed by atoms with E-state index in [2.05, 4.69) is 26.1 Å². The van der Waals surface area contributed by atoms with Gasteiger partial charge in [0, 0.05) is 25.2 Å². The smallest absolute Gasteiger partial charge is 0.0661 e. The first-order valence-electron chi connectivity index (χ1n) is 8.94. The van der Waals surface area contributed by atoms with Crippen LogP contribution in [0, 0.1) is 5.41 Å². The van der Waals surface area contributed by atoms with Gasteiger partial charge in [0.25, 0.3) is 0 Å². The van der Waals surface area contributed by atoms with Crippen LogP contribution in [-0.2, 0) is 9.47 Å². The van der Waals surface area contributed by atoms with E-state index in [1.165, 1.54) is 44.9 Å². The molecule has 0 heterocycles. The van der Waals surface area contributed by atoms with Gasteiger partial charge in [-0.25, -0.2) is 0 Å². The van der Waals surface area contributed by atoms with Gasteiger partial charge < -0.3 is 14.8 Å². The number of methoxy groups -OCH3 is 1. The largest absolute Gasteiger partial charge is 0.379 e. The number of hydrogen-bond acceptors (Lipinski definition) is 3. The van der Waals surface area contributed by atoms with E-state index in [9.17, 15) is 0 Å². The van der Waals surface area contributed by atoms with Crippen LogP contribution in [0.3, 0.4) is 0 Å². The summed E-state index contributed by atoms with van der Waals surface area (Å²) in [4.78, 5) is 0. The first kappa shape index (κ1) is 17.2. The van der Waals surface area contributed by atoms with Gasteiger partial charge in [-0.15, -0.1) is 0 Å². The Balaban J connectivity index is 1.89. The lowest BCUT2D eigenvalue weighted by atomic mass is 9.57. The fourth-order valence-electron chi connectivity index (χ4n) is 4.12. The van der Waals surface area contributed by atoms with Gasteiger partial charge >= 0.3 is 0 Å². The maximum atomic E-state index is 6.32. The summed E-state index contributed by atoms with van der Waals surface area (Å²) in [6.45, 7) is 8.40. The minimum Gasteiger partial charge on any atom is -0.379 e. The van der Waals surface area contributed by atoms with Gasteiger partial charge in [-0.3, -0.25) is 0 Å². The number of rotatable bonds is 7. The van der Waals surface area contributed by atoms with E-state index in [0.717, 1.165) is 19.6 Å². The minimum absolute atomic E-state index is 0.0680. The van der Waals surface area contributed by atoms with Crippen molar-refractivity contribution >= 4 is 0 Å². The predicted octanol–water partition coefficient (Wildman–Crippen LogP) is 3.91. The molecule has 0 aromatic carbocycles. The van der Waals surface area contributed by atoms with Gasteiger partial charge in [0.2, 0.25) is 0 Å². The molecule has 2 saturated carbocycles. The lowest BCUT2D eigenvalue weighted by Crippen LogP contribution is -2.63. The molecular weight excluding hydrogens is 262 g/mol. The molecule has 3 heteroatoms. The van der Waals surface area contributed by atoms with Crippen LogP contribution in [0.15, 0.2) is 0 Å². The third kappa shape index (κ3) is 4.00. The van der Waals surface area contributed by atoms with Crippen molar-refractivity contribution in [1.82, 2.24) is 5.32 Å². The molecule has 2 fully saturated rings. The maximum Gasteiger partial charge on any atom is 0.0661 e. The summed E-state index contributed by atoms with van der Waals surface area (Å²) in [6.07, 6.45) is 10.9. The van der Waals surface area contributed by atoms with E-state index in [1.54, 1.807) is 7.11 Å². The molecule has 0 bridgehead atoms. The molecule has 0 aromatic heterocycles. The third-order valence-corrected chi connectivity index (χ3v) is 5.85. The van der Waals surface area contributed by atoms with Crippen molar-refractivity contribution in [1.29, 1.82) is 0 Å². The molecule has 0 amide bonds. The van der Waals surface area contributed by atoms with E-state index in [0.29, 0.717) is 17.6 Å². The average molecular weight is 297 g/mol. The molecule has 1 spiro atoms. The summed E-state index contributed by atoms with van der Waals surface area (Å²) in [7, 11) is 1.79. The predicted molar refractivity (Wildman–Crippen MR) is 87.7 cm³/mol. The van der Waals surface area contributed by atoms with Crippen LogP contribution in [0.4, 0.5) is 0 Å². The van der Waals surface area contributed by atoms with Crippen LogP contribution < -0.4 is 5.32 Å². The lowest BCUT2D eigenvalue weighted by molar-refractivity contribution is -0.151. The van der Waals surface area contributed by atoms with E-state index in [-0.39, 0.29) is 5.60 Å². The highest BCUT2D eigenvalue weighted by molar-refractivity contribution is 5.08. The molecule has 2 aliphatic carbocycles. The molecule has 21 heavy (non-hydrogen) atoms. The number of hydrogen-bond donors (Lipinski definition) is 1. The van der Waals surface area contributed by atoms with Gasteiger partial charge in [-0.1, -0.05) is 32.6 Å². The molecule has 0 aromatic rings. The number of ether oxygens (including phenoxy) is 2. The fraction of sp³-hybridized carbons (Fsp3) is 1.00. The second-order valence-electron chi connectivity index (χ2n) is 7.57. The Bertz CT molecular complexity index is 308. The molecule has 2 aliphatic rings. The molecule has 2 rings (SSSR count). The van der Waals surface area contributed by atoms with Crippen molar-refractivity contribution < 1.29 is 9.47 Å². The van der Waals surface area contributed by atoms with E-state index < -0.39 is 0 Å². The van der Waals surface area contributed by atoms with Crippen LogP contribution in [0.5, 0.6) is 0 Å². The molecule has 0 aliphatic heterocycles. The van der Waals surface area contributed by atoms with Gasteiger partial charge in [0.1, 0.15) is 0 Å². The van der Waals surface area contributed by atoms with Crippen LogP contribution in [-0.4, -0.2) is 38.0 Å². The fourth-order valence-corrected chi connectivity index (χ4v) is 4.12. The number of nitrogens with one attached hydrogen (secondary N) is 1. The highest BCUT2D eigenvalue weighted by atomic mass is 16.5. The summed E-state index contributed by atoms with van der Waals surface area (Å²) >= 11 is 0. The quantitative estimate of drug-likeness (QED) is 0.773. The topological polar surface area (TPSA) is 30.5 Å². The standard InChI is InChI=1S/C18H35NO2/c1-5-19-15-14-16(21-13-12-17(2,3)20-4)18(15)10-8-6-7-9-11-18/h15-16,19H,5-14H2,1-4H3. The maximum absolute atomic E-state index is 6.32. The zero-order valence-corrected chi connectivity index (χ0v) is 14.5. The molecule has 3 nitrogen and oxygen atoms in total. The van der Waals surface area contributed by atoms with Crippen molar-refractivity contribution in [3.8, 4) is 0 Å². The molecule has 2 unspecified atom stereocenters. The Morgan fingerprint density at radius 3 is 2.38 bits per heavy atom. The molecule has 2 atom stereocenters. The Hall–Kier alpha value is -0.120. The van der Waals surface area contributed by atoms with Crippen molar-refractivity contribution in [2.75, 3.05) is 20.3 Å². The van der Waals surface area contributed by atoms with E-state index in [1.807, 2.05) is 0 Å². The summed E-state index contributed by atoms with van der Waals surface area (Å²) in [6, 6.07) is 0.682. The summed E-state index contributed by atoms with van der Waals surface area (Å²) in [5, 5.41) is 3.71. The molecule has 0 saturated heterocycles. The van der Waals surface area contributed by atoms with Crippen molar-refractivity contribution in [3.05, 3.63) is 0 Å². The van der Waals surface area contributed by atoms with Crippen LogP contribution >= 0.6 is 0 Å². The van der Waals surface area contributed by atoms with Crippen LogP contribution in [0.1, 0.15) is 72.1 Å². The Labute approximate surface area is 131 Å². The SMILES string of the molecule is CCNC1CC(OCCC(C)(C)OC)C12CCCCCC2. The Morgan fingerprint density at radius 1 is 1.14 bits per heavy atom. The zero-order valence-electron chi connectivity index (χ0n) is 14.5. The zero-order chi connectivity index (χ0) is 15.3. The average Bonchev–Trinajstić information content (AvgIpc) is 2.73. The van der Waals surface area contributed by atoms with Crippen LogP contribution in [0.2, 0.25) is 0 Å². The monoisotopic (exact) mass is 297 g/mol. The Morgan fingerprint density at radius 2 is 1.81 bits per heavy atom. The van der Waals surface area contributed by atoms with Crippen molar-refractivity contribution in [2.45, 2.75) is 89.9 Å². The first-order chi connectivity index (χ1) is 10.0. The highest BCUT2D eigenvalue weighted by Crippen LogP contribution is 2.52. The molecular formula is C18H35NO2. The van der Waals surface area contributed by atoms with Gasteiger partial charge in [0.15, 0.2) is 0 Å². The minimum atomic E-state index is -0.0680. The van der Waals surface area contributed by atoms with Crippen LogP contribution in [0.25, 0.3) is 0 Å². The highest BCUT2D eigenvalue weighted by Gasteiger charge is 2.54. The molecule has 0 radical (unpaired) electrons. The van der Waals surface area contributed by atoms with Crippen molar-refractivity contribution in [2.24, 2.45) is 5.41 Å². The summed E-state index contributed by atoms with van der Waals surface area (Å²) in [5.41, 5.74) is 0.352. The van der Waals surface area contributed by atoms with Gasteiger partial charge in [-0.05, 0) is 46.1 Å². The molecule has 124 valence electrons.